The monoisotopic (exact) mass is 488 g/mol. The van der Waals surface area contributed by atoms with E-state index < -0.39 is 0 Å². The third kappa shape index (κ3) is 4.23. The average molecular weight is 489 g/mol. The second-order valence-electron chi connectivity index (χ2n) is 11.1. The molecule has 0 saturated carbocycles. The Bertz CT molecular complexity index is 1460. The van der Waals surface area contributed by atoms with E-state index >= 15 is 0 Å². The lowest BCUT2D eigenvalue weighted by Gasteiger charge is -2.31. The summed E-state index contributed by atoms with van der Waals surface area (Å²) in [5.41, 5.74) is 11.0. The number of rotatable bonds is 5. The fourth-order valence-electron chi connectivity index (χ4n) is 5.91. The van der Waals surface area contributed by atoms with Gasteiger partial charge in [-0.25, -0.2) is 0 Å². The number of hydrogen-bond acceptors (Lipinski definition) is 3. The number of carbonyl (C=O) groups excluding carboxylic acids is 1. The van der Waals surface area contributed by atoms with Crippen molar-refractivity contribution in [3.05, 3.63) is 102 Å². The van der Waals surface area contributed by atoms with Crippen molar-refractivity contribution in [3.63, 3.8) is 0 Å². The van der Waals surface area contributed by atoms with Gasteiger partial charge >= 0.3 is 5.97 Å². The minimum atomic E-state index is -0.210. The van der Waals surface area contributed by atoms with Gasteiger partial charge in [-0.3, -0.25) is 4.79 Å². The van der Waals surface area contributed by atoms with Crippen molar-refractivity contribution < 1.29 is 14.3 Å². The Hall–Kier alpha value is -3.85. The van der Waals surface area contributed by atoms with Crippen LogP contribution in [-0.4, -0.2) is 18.7 Å². The third-order valence-electron chi connectivity index (χ3n) is 7.46. The van der Waals surface area contributed by atoms with Gasteiger partial charge in [0.05, 0.1) is 0 Å². The van der Waals surface area contributed by atoms with Gasteiger partial charge in [0.25, 0.3) is 0 Å². The molecule has 1 saturated heterocycles. The third-order valence-corrected chi connectivity index (χ3v) is 7.46. The summed E-state index contributed by atoms with van der Waals surface area (Å²) in [6.45, 7) is 7.28. The Labute approximate surface area is 219 Å². The highest BCUT2D eigenvalue weighted by atomic mass is 16.6. The van der Waals surface area contributed by atoms with Gasteiger partial charge in [-0.2, -0.15) is 0 Å². The summed E-state index contributed by atoms with van der Waals surface area (Å²) >= 11 is 0. The number of ether oxygens (including phenoxy) is 2. The maximum Gasteiger partial charge on any atom is 0.306 e. The minimum Gasteiger partial charge on any atom is -0.489 e. The Kier molecular flexibility index (Phi) is 5.87. The van der Waals surface area contributed by atoms with Crippen molar-refractivity contribution in [3.8, 4) is 39.1 Å². The zero-order valence-electron chi connectivity index (χ0n) is 21.7. The molecule has 3 nitrogen and oxygen atoms in total. The van der Waals surface area contributed by atoms with E-state index in [-0.39, 0.29) is 17.5 Å². The van der Waals surface area contributed by atoms with E-state index in [9.17, 15) is 4.79 Å². The summed E-state index contributed by atoms with van der Waals surface area (Å²) < 4.78 is 12.3. The molecule has 4 aromatic carbocycles. The van der Waals surface area contributed by atoms with Gasteiger partial charge in [0, 0.05) is 24.0 Å². The molecule has 37 heavy (non-hydrogen) atoms. The Balaban J connectivity index is 1.69. The molecule has 6 rings (SSSR count). The number of carbonyl (C=O) groups is 1. The number of benzene rings is 4. The second kappa shape index (κ2) is 9.23. The first-order valence-corrected chi connectivity index (χ1v) is 13.2. The van der Waals surface area contributed by atoms with Crippen LogP contribution in [0.25, 0.3) is 33.4 Å². The predicted octanol–water partition coefficient (Wildman–Crippen LogP) is 7.97. The van der Waals surface area contributed by atoms with Crippen LogP contribution in [-0.2, 0) is 21.4 Å². The zero-order chi connectivity index (χ0) is 25.6. The molecule has 0 bridgehead atoms. The molecule has 1 fully saturated rings. The highest BCUT2D eigenvalue weighted by molar-refractivity contribution is 5.99. The van der Waals surface area contributed by atoms with Crippen molar-refractivity contribution >= 4 is 5.97 Å². The van der Waals surface area contributed by atoms with Crippen LogP contribution in [0, 0.1) is 0 Å². The topological polar surface area (TPSA) is 35.5 Å². The van der Waals surface area contributed by atoms with Gasteiger partial charge in [0.2, 0.25) is 0 Å². The summed E-state index contributed by atoms with van der Waals surface area (Å²) in [6.07, 6.45) is 1.77. The zero-order valence-corrected chi connectivity index (χ0v) is 21.7. The van der Waals surface area contributed by atoms with Crippen LogP contribution in [0.4, 0.5) is 0 Å². The standard InChI is InChI=1S/C34H32O3/c1-34(2,3)32-29(22-12-6-4-7-13-22)30(23-14-8-5-9-15-23)33(36-21-25-18-19-28(35)37-25)27-20-24-16-10-11-17-26(24)31(27)32/h4-17,25H,18-21H2,1-3H3/t25-/m1/s1. The van der Waals surface area contributed by atoms with Gasteiger partial charge in [0.15, 0.2) is 0 Å². The molecule has 4 aromatic rings. The molecule has 1 aliphatic carbocycles. The molecule has 1 aliphatic heterocycles. The molecular formula is C34H32O3. The summed E-state index contributed by atoms with van der Waals surface area (Å²) in [5, 5.41) is 0. The molecule has 1 heterocycles. The van der Waals surface area contributed by atoms with E-state index in [1.807, 2.05) is 0 Å². The van der Waals surface area contributed by atoms with E-state index in [1.54, 1.807) is 0 Å². The molecule has 186 valence electrons. The van der Waals surface area contributed by atoms with Crippen molar-refractivity contribution in [2.24, 2.45) is 0 Å². The normalized spacial score (nSPS) is 16.3. The fraction of sp³-hybridized carbons (Fsp3) is 0.265. The first-order chi connectivity index (χ1) is 17.9. The highest BCUT2D eigenvalue weighted by Gasteiger charge is 2.36. The molecule has 3 heteroatoms. The first-order valence-electron chi connectivity index (χ1n) is 13.2. The summed E-state index contributed by atoms with van der Waals surface area (Å²) in [5.74, 6) is 0.773. The summed E-state index contributed by atoms with van der Waals surface area (Å²) in [6, 6.07) is 30.0. The number of esters is 1. The van der Waals surface area contributed by atoms with Crippen LogP contribution < -0.4 is 4.74 Å². The van der Waals surface area contributed by atoms with E-state index in [1.165, 1.54) is 38.9 Å². The summed E-state index contributed by atoms with van der Waals surface area (Å²) in [4.78, 5) is 11.8. The van der Waals surface area contributed by atoms with Crippen molar-refractivity contribution in [2.45, 2.75) is 51.6 Å². The Morgan fingerprint density at radius 2 is 1.43 bits per heavy atom. The largest absolute Gasteiger partial charge is 0.489 e. The number of hydrogen-bond donors (Lipinski definition) is 0. The second-order valence-corrected chi connectivity index (χ2v) is 11.1. The van der Waals surface area contributed by atoms with Crippen LogP contribution >= 0.6 is 0 Å². The summed E-state index contributed by atoms with van der Waals surface area (Å²) in [7, 11) is 0. The number of fused-ring (bicyclic) bond motifs is 3. The highest BCUT2D eigenvalue weighted by Crippen LogP contribution is 2.55. The quantitative estimate of drug-likeness (QED) is 0.235. The van der Waals surface area contributed by atoms with Gasteiger partial charge < -0.3 is 9.47 Å². The predicted molar refractivity (Wildman–Crippen MR) is 149 cm³/mol. The van der Waals surface area contributed by atoms with Crippen molar-refractivity contribution in [2.75, 3.05) is 6.61 Å². The lowest BCUT2D eigenvalue weighted by atomic mass is 9.74. The van der Waals surface area contributed by atoms with E-state index in [0.29, 0.717) is 19.4 Å². The van der Waals surface area contributed by atoms with Gasteiger partial charge in [-0.15, -0.1) is 0 Å². The maximum atomic E-state index is 11.8. The molecule has 0 amide bonds. The molecule has 0 N–H and O–H groups in total. The first kappa shape index (κ1) is 23.5. The Morgan fingerprint density at radius 1 is 0.811 bits per heavy atom. The molecule has 1 atom stereocenters. The van der Waals surface area contributed by atoms with E-state index in [2.05, 4.69) is 106 Å². The van der Waals surface area contributed by atoms with Crippen LogP contribution in [0.15, 0.2) is 84.9 Å². The molecule has 0 aromatic heterocycles. The van der Waals surface area contributed by atoms with Crippen LogP contribution in [0.3, 0.4) is 0 Å². The van der Waals surface area contributed by atoms with Gasteiger partial charge in [0.1, 0.15) is 18.5 Å². The lowest BCUT2D eigenvalue weighted by molar-refractivity contribution is -0.142. The van der Waals surface area contributed by atoms with Crippen molar-refractivity contribution in [1.29, 1.82) is 0 Å². The van der Waals surface area contributed by atoms with Crippen LogP contribution in [0.2, 0.25) is 0 Å². The minimum absolute atomic E-state index is 0.115. The van der Waals surface area contributed by atoms with Gasteiger partial charge in [-0.05, 0) is 50.8 Å². The van der Waals surface area contributed by atoms with Gasteiger partial charge in [-0.1, -0.05) is 106 Å². The van der Waals surface area contributed by atoms with Crippen molar-refractivity contribution in [1.82, 2.24) is 0 Å². The average Bonchev–Trinajstić information content (AvgIpc) is 3.50. The smallest absolute Gasteiger partial charge is 0.306 e. The number of cyclic esters (lactones) is 1. The van der Waals surface area contributed by atoms with E-state index in [0.717, 1.165) is 23.3 Å². The maximum absolute atomic E-state index is 11.8. The molecular weight excluding hydrogens is 456 g/mol. The molecule has 0 unspecified atom stereocenters. The van der Waals surface area contributed by atoms with E-state index in [4.69, 9.17) is 9.47 Å². The Morgan fingerprint density at radius 3 is 2.05 bits per heavy atom. The van der Waals surface area contributed by atoms with Crippen LogP contribution in [0.5, 0.6) is 5.75 Å². The SMILES string of the molecule is CC(C)(C)c1c2c(c(OC[C@H]3CCC(=O)O3)c(-c3ccccc3)c1-c1ccccc1)Cc1ccccc1-2. The lowest BCUT2D eigenvalue weighted by Crippen LogP contribution is -2.20. The molecule has 0 radical (unpaired) electrons. The van der Waals surface area contributed by atoms with Crippen LogP contribution in [0.1, 0.15) is 50.3 Å². The molecule has 2 aliphatic rings. The molecule has 0 spiro atoms. The fourth-order valence-corrected chi connectivity index (χ4v) is 5.91.